The van der Waals surface area contributed by atoms with E-state index in [1.165, 1.54) is 13.2 Å². The third-order valence-corrected chi connectivity index (χ3v) is 4.70. The first-order chi connectivity index (χ1) is 10.6. The molecule has 0 amide bonds. The molecule has 2 N–H and O–H groups in total. The van der Waals surface area contributed by atoms with E-state index in [1.807, 2.05) is 0 Å². The van der Waals surface area contributed by atoms with E-state index in [1.54, 1.807) is 19.1 Å². The zero-order valence-corrected chi connectivity index (χ0v) is 14.5. The number of fused-ring (bicyclic) bond motifs is 1. The molecule has 6 nitrogen and oxygen atoms in total. The number of rotatable bonds is 4. The molecule has 1 aromatic carbocycles. The fourth-order valence-corrected chi connectivity index (χ4v) is 3.18. The van der Waals surface area contributed by atoms with E-state index in [0.29, 0.717) is 16.8 Å². The predicted molar refractivity (Wildman–Crippen MR) is 84.6 cm³/mol. The second kappa shape index (κ2) is 6.24. The van der Waals surface area contributed by atoms with Gasteiger partial charge in [0.15, 0.2) is 0 Å². The summed E-state index contributed by atoms with van der Waals surface area (Å²) < 4.78 is 38.9. The quantitative estimate of drug-likeness (QED) is 0.458. The molecule has 124 valence electrons. The molecule has 0 fully saturated rings. The lowest BCUT2D eigenvalue weighted by Gasteiger charge is -2.19. The molecule has 23 heavy (non-hydrogen) atoms. The minimum Gasteiger partial charge on any atom is -0.399 e. The van der Waals surface area contributed by atoms with Gasteiger partial charge >= 0.3 is 13.3 Å². The number of benzene rings is 1. The van der Waals surface area contributed by atoms with Crippen LogP contribution in [0.5, 0.6) is 0 Å². The van der Waals surface area contributed by atoms with Crippen molar-refractivity contribution >= 4 is 40.1 Å². The van der Waals surface area contributed by atoms with E-state index in [-0.39, 0.29) is 9.99 Å². The van der Waals surface area contributed by atoms with E-state index in [0.717, 1.165) is 6.07 Å². The summed E-state index contributed by atoms with van der Waals surface area (Å²) in [6.45, 7) is 1.63. The highest BCUT2D eigenvalue weighted by molar-refractivity contribution is 9.10. The molecule has 2 rings (SSSR count). The second-order valence-electron chi connectivity index (χ2n) is 4.67. The van der Waals surface area contributed by atoms with Gasteiger partial charge in [-0.25, -0.2) is 4.98 Å². The highest BCUT2D eigenvalue weighted by Crippen LogP contribution is 2.60. The summed E-state index contributed by atoms with van der Waals surface area (Å²) in [6, 6.07) is 5.54. The van der Waals surface area contributed by atoms with Crippen molar-refractivity contribution in [3.8, 4) is 0 Å². The lowest BCUT2D eigenvalue weighted by Crippen LogP contribution is -2.14. The monoisotopic (exact) mass is 408 g/mol. The van der Waals surface area contributed by atoms with E-state index >= 15 is 0 Å². The van der Waals surface area contributed by atoms with Crippen LogP contribution in [0, 0.1) is 0 Å². The van der Waals surface area contributed by atoms with Gasteiger partial charge in [0, 0.05) is 15.4 Å². The molecule has 2 aromatic rings. The van der Waals surface area contributed by atoms with Crippen LogP contribution in [-0.4, -0.2) is 27.6 Å². The van der Waals surface area contributed by atoms with Crippen molar-refractivity contribution in [1.82, 2.24) is 4.98 Å². The fraction of sp³-hybridized carbons (Fsp3) is 0.231. The van der Waals surface area contributed by atoms with Gasteiger partial charge < -0.3 is 14.6 Å². The van der Waals surface area contributed by atoms with Gasteiger partial charge in [0.2, 0.25) is 0 Å². The number of oxime groups is 1. The number of hydrogen-bond acceptors (Lipinski definition) is 4. The predicted octanol–water partition coefficient (Wildman–Crippen LogP) is 3.59. The highest BCUT2D eigenvalue weighted by atomic mass is 79.9. The van der Waals surface area contributed by atoms with Gasteiger partial charge in [-0.2, -0.15) is 8.78 Å². The van der Waals surface area contributed by atoms with Crippen molar-refractivity contribution in [3.05, 3.63) is 40.0 Å². The third-order valence-electron chi connectivity index (χ3n) is 3.07. The Kier molecular flexibility index (Phi) is 4.86. The van der Waals surface area contributed by atoms with E-state index < -0.39 is 18.8 Å². The van der Waals surface area contributed by atoms with Gasteiger partial charge in [-0.1, -0.05) is 27.2 Å². The standard InChI is InChI=1S/C13H12BrF2N2O4P/c1-7(18-22-2)11-4-3-8-5-10(14)9(6-12(8)17-11)13(15,16)23(19,20)21/h3-6H,1-2H3,(H2,19,20,21)/b18-7+. The topological polar surface area (TPSA) is 92.0 Å². The van der Waals surface area contributed by atoms with Crippen molar-refractivity contribution in [2.24, 2.45) is 5.16 Å². The van der Waals surface area contributed by atoms with Gasteiger partial charge in [0.05, 0.1) is 11.2 Å². The smallest absolute Gasteiger partial charge is 0.399 e. The summed E-state index contributed by atoms with van der Waals surface area (Å²) in [5.74, 6) is 0. The number of alkyl halides is 2. The van der Waals surface area contributed by atoms with E-state index in [2.05, 4.69) is 30.9 Å². The van der Waals surface area contributed by atoms with Gasteiger partial charge in [-0.05, 0) is 25.1 Å². The molecule has 0 spiro atoms. The van der Waals surface area contributed by atoms with Crippen LogP contribution in [-0.2, 0) is 15.1 Å². The van der Waals surface area contributed by atoms with Gasteiger partial charge in [0.25, 0.3) is 0 Å². The number of aromatic nitrogens is 1. The van der Waals surface area contributed by atoms with Gasteiger partial charge in [0.1, 0.15) is 12.8 Å². The summed E-state index contributed by atoms with van der Waals surface area (Å²) in [5, 5.41) is 4.23. The van der Waals surface area contributed by atoms with Crippen LogP contribution in [0.4, 0.5) is 8.78 Å². The number of halogens is 3. The van der Waals surface area contributed by atoms with Gasteiger partial charge in [-0.3, -0.25) is 4.57 Å². The normalized spacial score (nSPS) is 13.4. The maximum Gasteiger partial charge on any atom is 0.399 e. The lowest BCUT2D eigenvalue weighted by molar-refractivity contribution is 0.0558. The van der Waals surface area contributed by atoms with E-state index in [9.17, 15) is 13.3 Å². The summed E-state index contributed by atoms with van der Waals surface area (Å²) >= 11 is 2.92. The molecule has 0 aliphatic heterocycles. The van der Waals surface area contributed by atoms with Crippen LogP contribution in [0.15, 0.2) is 33.9 Å². The molecule has 0 saturated heterocycles. The first-order valence-corrected chi connectivity index (χ1v) is 8.61. The Morgan fingerprint density at radius 2 is 2.04 bits per heavy atom. The van der Waals surface area contributed by atoms with Crippen LogP contribution in [0.3, 0.4) is 0 Å². The maximum atomic E-state index is 14.0. The lowest BCUT2D eigenvalue weighted by atomic mass is 10.1. The summed E-state index contributed by atoms with van der Waals surface area (Å²) in [5.41, 5.74) is -4.18. The summed E-state index contributed by atoms with van der Waals surface area (Å²) in [7, 11) is -4.31. The highest BCUT2D eigenvalue weighted by Gasteiger charge is 2.51. The zero-order valence-electron chi connectivity index (χ0n) is 12.0. The minimum absolute atomic E-state index is 0.116. The van der Waals surface area contributed by atoms with Crippen molar-refractivity contribution < 1.29 is 28.0 Å². The number of hydrogen-bond donors (Lipinski definition) is 2. The van der Waals surface area contributed by atoms with Crippen LogP contribution in [0.2, 0.25) is 0 Å². The van der Waals surface area contributed by atoms with Crippen molar-refractivity contribution in [2.45, 2.75) is 12.6 Å². The molecule has 1 heterocycles. The van der Waals surface area contributed by atoms with Crippen LogP contribution in [0.1, 0.15) is 18.2 Å². The molecular weight excluding hydrogens is 397 g/mol. The van der Waals surface area contributed by atoms with Crippen LogP contribution in [0.25, 0.3) is 10.9 Å². The molecule has 10 heteroatoms. The Balaban J connectivity index is 2.68. The molecule has 0 aliphatic carbocycles. The number of pyridine rings is 1. The Morgan fingerprint density at radius 3 is 2.61 bits per heavy atom. The Morgan fingerprint density at radius 1 is 1.39 bits per heavy atom. The molecule has 1 aromatic heterocycles. The minimum atomic E-state index is -5.67. The maximum absolute atomic E-state index is 14.0. The second-order valence-corrected chi connectivity index (χ2v) is 7.17. The summed E-state index contributed by atoms with van der Waals surface area (Å²) in [4.78, 5) is 26.6. The Hall–Kier alpha value is -1.41. The number of nitrogens with zero attached hydrogens (tertiary/aromatic N) is 2. The van der Waals surface area contributed by atoms with Crippen molar-refractivity contribution in [2.75, 3.05) is 7.11 Å². The molecule has 0 atom stereocenters. The Labute approximate surface area is 138 Å². The zero-order chi connectivity index (χ0) is 17.4. The molecule has 0 radical (unpaired) electrons. The average Bonchev–Trinajstić information content (AvgIpc) is 2.45. The van der Waals surface area contributed by atoms with E-state index in [4.69, 9.17) is 9.79 Å². The fourth-order valence-electron chi connectivity index (χ4n) is 1.92. The molecule has 0 unspecified atom stereocenters. The average molecular weight is 409 g/mol. The van der Waals surface area contributed by atoms with Crippen molar-refractivity contribution in [1.29, 1.82) is 0 Å². The first-order valence-electron chi connectivity index (χ1n) is 6.20. The van der Waals surface area contributed by atoms with Gasteiger partial charge in [-0.15, -0.1) is 0 Å². The molecular formula is C13H12BrF2N2O4P. The van der Waals surface area contributed by atoms with Crippen molar-refractivity contribution in [3.63, 3.8) is 0 Å². The SMILES string of the molecule is CO/N=C(\C)c1ccc2cc(Br)c(C(F)(F)P(=O)(O)O)cc2n1. The Bertz CT molecular complexity index is 838. The molecule has 0 saturated carbocycles. The molecule has 0 aliphatic rings. The summed E-state index contributed by atoms with van der Waals surface area (Å²) in [6.07, 6.45) is 0. The first kappa shape index (κ1) is 17.9. The van der Waals surface area contributed by atoms with Crippen LogP contribution >= 0.6 is 23.5 Å². The molecule has 0 bridgehead atoms. The van der Waals surface area contributed by atoms with Crippen LogP contribution < -0.4 is 0 Å². The largest absolute Gasteiger partial charge is 0.399 e. The third kappa shape index (κ3) is 3.42.